The van der Waals surface area contributed by atoms with Crippen LogP contribution in [0.2, 0.25) is 0 Å². The molecule has 0 aromatic heterocycles. The molecular weight excluding hydrogens is 203 g/mol. The molecule has 0 aliphatic carbocycles. The number of nitrogens with one attached hydrogen (secondary N) is 1. The van der Waals surface area contributed by atoms with E-state index in [1.54, 1.807) is 12.1 Å². The highest BCUT2D eigenvalue weighted by atomic mass is 19.4. The summed E-state index contributed by atoms with van der Waals surface area (Å²) < 4.78 is 36.1. The predicted molar refractivity (Wildman–Crippen MR) is 54.9 cm³/mol. The van der Waals surface area contributed by atoms with Crippen molar-refractivity contribution in [1.29, 1.82) is 0 Å². The fourth-order valence-electron chi connectivity index (χ4n) is 1.33. The molecule has 0 saturated carbocycles. The van der Waals surface area contributed by atoms with Gasteiger partial charge in [-0.05, 0) is 26.0 Å². The highest BCUT2D eigenvalue weighted by Crippen LogP contribution is 2.23. The second-order valence-corrected chi connectivity index (χ2v) is 3.73. The lowest BCUT2D eigenvalue weighted by Crippen LogP contribution is -2.23. The largest absolute Gasteiger partial charge is 0.391 e. The van der Waals surface area contributed by atoms with Crippen LogP contribution in [0.15, 0.2) is 24.3 Å². The van der Waals surface area contributed by atoms with Gasteiger partial charge in [-0.15, -0.1) is 0 Å². The molecule has 1 aromatic rings. The maximum absolute atomic E-state index is 12.0. The molecule has 0 bridgehead atoms. The van der Waals surface area contributed by atoms with Gasteiger partial charge in [-0.3, -0.25) is 0 Å². The number of anilines is 1. The number of alkyl halides is 3. The van der Waals surface area contributed by atoms with Crippen LogP contribution in [0.5, 0.6) is 0 Å². The zero-order valence-corrected chi connectivity index (χ0v) is 8.73. The molecule has 0 fully saturated rings. The number of rotatable bonds is 3. The van der Waals surface area contributed by atoms with Crippen molar-refractivity contribution in [2.75, 3.05) is 5.32 Å². The molecule has 0 spiro atoms. The van der Waals surface area contributed by atoms with Gasteiger partial charge in [0.15, 0.2) is 0 Å². The number of hydrogen-bond acceptors (Lipinski definition) is 1. The van der Waals surface area contributed by atoms with Gasteiger partial charge in [0.05, 0.1) is 6.42 Å². The lowest BCUT2D eigenvalue weighted by atomic mass is 10.2. The van der Waals surface area contributed by atoms with E-state index < -0.39 is 18.6 Å². The quantitative estimate of drug-likeness (QED) is 0.813. The van der Waals surface area contributed by atoms with Crippen LogP contribution >= 0.6 is 0 Å². The maximum atomic E-state index is 12.0. The Morgan fingerprint density at radius 3 is 2.20 bits per heavy atom. The van der Waals surface area contributed by atoms with Gasteiger partial charge in [-0.2, -0.15) is 13.2 Å². The molecular formula is C11H14F3N. The Labute approximate surface area is 87.3 Å². The summed E-state index contributed by atoms with van der Waals surface area (Å²) in [5.74, 6) is 0. The van der Waals surface area contributed by atoms with Crippen LogP contribution in [0.4, 0.5) is 18.9 Å². The molecule has 0 aliphatic heterocycles. The molecule has 1 nitrogen and oxygen atoms in total. The summed E-state index contributed by atoms with van der Waals surface area (Å²) in [6.45, 7) is 3.45. The fourth-order valence-corrected chi connectivity index (χ4v) is 1.33. The average molecular weight is 217 g/mol. The second-order valence-electron chi connectivity index (χ2n) is 3.73. The van der Waals surface area contributed by atoms with Crippen molar-refractivity contribution in [2.45, 2.75) is 32.5 Å². The zero-order chi connectivity index (χ0) is 11.5. The van der Waals surface area contributed by atoms with E-state index in [1.165, 1.54) is 6.92 Å². The highest BCUT2D eigenvalue weighted by molar-refractivity contribution is 5.45. The Bertz CT molecular complexity index is 303. The van der Waals surface area contributed by atoms with Crippen molar-refractivity contribution in [2.24, 2.45) is 0 Å². The van der Waals surface area contributed by atoms with Crippen LogP contribution in [0.3, 0.4) is 0 Å². The standard InChI is InChI=1S/C11H14F3N/c1-8-3-5-10(6-4-8)15-9(2)7-11(12,13)14/h3-6,9,15H,7H2,1-2H3. The van der Waals surface area contributed by atoms with E-state index in [1.807, 2.05) is 19.1 Å². The first-order valence-corrected chi connectivity index (χ1v) is 4.77. The Morgan fingerprint density at radius 1 is 1.20 bits per heavy atom. The smallest absolute Gasteiger partial charge is 0.382 e. The molecule has 15 heavy (non-hydrogen) atoms. The molecule has 1 N–H and O–H groups in total. The van der Waals surface area contributed by atoms with E-state index in [4.69, 9.17) is 0 Å². The minimum atomic E-state index is -4.11. The second kappa shape index (κ2) is 4.55. The molecule has 0 amide bonds. The molecule has 4 heteroatoms. The number of hydrogen-bond donors (Lipinski definition) is 1. The van der Waals surface area contributed by atoms with Gasteiger partial charge >= 0.3 is 6.18 Å². The average Bonchev–Trinajstić information content (AvgIpc) is 2.05. The maximum Gasteiger partial charge on any atom is 0.391 e. The third-order valence-electron chi connectivity index (χ3n) is 2.00. The molecule has 0 saturated heterocycles. The summed E-state index contributed by atoms with van der Waals surface area (Å²) in [4.78, 5) is 0. The lowest BCUT2D eigenvalue weighted by Gasteiger charge is -2.16. The van der Waals surface area contributed by atoms with Gasteiger partial charge in [-0.1, -0.05) is 17.7 Å². The van der Waals surface area contributed by atoms with E-state index in [0.29, 0.717) is 0 Å². The van der Waals surface area contributed by atoms with Gasteiger partial charge < -0.3 is 5.32 Å². The van der Waals surface area contributed by atoms with Gasteiger partial charge in [0.1, 0.15) is 0 Å². The number of aryl methyl sites for hydroxylation is 1. The molecule has 84 valence electrons. The van der Waals surface area contributed by atoms with E-state index in [-0.39, 0.29) is 0 Å². The minimum absolute atomic E-state index is 0.604. The van der Waals surface area contributed by atoms with Gasteiger partial charge in [0, 0.05) is 11.7 Å². The summed E-state index contributed by atoms with van der Waals surface area (Å²) in [7, 11) is 0. The predicted octanol–water partition coefficient (Wildman–Crippen LogP) is 3.75. The SMILES string of the molecule is Cc1ccc(NC(C)CC(F)(F)F)cc1. The molecule has 0 heterocycles. The summed E-state index contributed by atoms with van der Waals surface area (Å²) in [6, 6.07) is 6.68. The van der Waals surface area contributed by atoms with Crippen molar-refractivity contribution in [1.82, 2.24) is 0 Å². The molecule has 0 radical (unpaired) electrons. The Morgan fingerprint density at radius 2 is 1.73 bits per heavy atom. The summed E-state index contributed by atoms with van der Waals surface area (Å²) in [5.41, 5.74) is 1.81. The van der Waals surface area contributed by atoms with E-state index in [0.717, 1.165) is 11.3 Å². The molecule has 1 rings (SSSR count). The highest BCUT2D eigenvalue weighted by Gasteiger charge is 2.29. The molecule has 1 atom stereocenters. The molecule has 1 aromatic carbocycles. The van der Waals surface area contributed by atoms with Crippen molar-refractivity contribution >= 4 is 5.69 Å². The fraction of sp³-hybridized carbons (Fsp3) is 0.455. The first-order chi connectivity index (χ1) is 6.87. The van der Waals surface area contributed by atoms with Crippen LogP contribution in [0, 0.1) is 6.92 Å². The third-order valence-corrected chi connectivity index (χ3v) is 2.00. The van der Waals surface area contributed by atoms with E-state index in [2.05, 4.69) is 5.32 Å². The topological polar surface area (TPSA) is 12.0 Å². The van der Waals surface area contributed by atoms with Crippen LogP contribution in [0.1, 0.15) is 18.9 Å². The Kier molecular flexibility index (Phi) is 3.61. The third kappa shape index (κ3) is 4.72. The van der Waals surface area contributed by atoms with Crippen LogP contribution in [0.25, 0.3) is 0 Å². The van der Waals surface area contributed by atoms with Crippen LogP contribution < -0.4 is 5.32 Å². The Balaban J connectivity index is 2.51. The Hall–Kier alpha value is -1.19. The van der Waals surface area contributed by atoms with Crippen molar-refractivity contribution in [3.63, 3.8) is 0 Å². The van der Waals surface area contributed by atoms with E-state index >= 15 is 0 Å². The van der Waals surface area contributed by atoms with Crippen LogP contribution in [-0.4, -0.2) is 12.2 Å². The summed E-state index contributed by atoms with van der Waals surface area (Å²) in [5, 5.41) is 2.81. The summed E-state index contributed by atoms with van der Waals surface area (Å²) >= 11 is 0. The van der Waals surface area contributed by atoms with Gasteiger partial charge in [-0.25, -0.2) is 0 Å². The minimum Gasteiger partial charge on any atom is -0.382 e. The lowest BCUT2D eigenvalue weighted by molar-refractivity contribution is -0.136. The zero-order valence-electron chi connectivity index (χ0n) is 8.73. The molecule has 0 aliphatic rings. The summed E-state index contributed by atoms with van der Waals surface area (Å²) in [6.07, 6.45) is -4.93. The van der Waals surface area contributed by atoms with Gasteiger partial charge in [0.25, 0.3) is 0 Å². The monoisotopic (exact) mass is 217 g/mol. The number of benzene rings is 1. The van der Waals surface area contributed by atoms with Crippen molar-refractivity contribution in [3.8, 4) is 0 Å². The van der Waals surface area contributed by atoms with E-state index in [9.17, 15) is 13.2 Å². The van der Waals surface area contributed by atoms with Gasteiger partial charge in [0.2, 0.25) is 0 Å². The first kappa shape index (κ1) is 11.9. The number of halogens is 3. The van der Waals surface area contributed by atoms with Crippen molar-refractivity contribution in [3.05, 3.63) is 29.8 Å². The first-order valence-electron chi connectivity index (χ1n) is 4.77. The molecule has 1 unspecified atom stereocenters. The van der Waals surface area contributed by atoms with Crippen molar-refractivity contribution < 1.29 is 13.2 Å². The normalized spacial score (nSPS) is 13.7. The van der Waals surface area contributed by atoms with Crippen LogP contribution in [-0.2, 0) is 0 Å².